The Labute approximate surface area is 169 Å². The van der Waals surface area contributed by atoms with Gasteiger partial charge in [0.2, 0.25) is 0 Å². The van der Waals surface area contributed by atoms with Crippen LogP contribution in [0.5, 0.6) is 23.0 Å². The molecule has 0 heterocycles. The van der Waals surface area contributed by atoms with Crippen molar-refractivity contribution in [3.8, 4) is 23.0 Å². The quantitative estimate of drug-likeness (QED) is 0.470. The molecule has 0 aliphatic rings. The summed E-state index contributed by atoms with van der Waals surface area (Å²) in [5.74, 6) is 2.06. The molecule has 0 saturated carbocycles. The Morgan fingerprint density at radius 1 is 0.815 bits per heavy atom. The van der Waals surface area contributed by atoms with E-state index >= 15 is 0 Å². The Kier molecular flexibility index (Phi) is 6.15. The maximum atomic E-state index is 9.59. The molecule has 5 heteroatoms. The van der Waals surface area contributed by atoms with E-state index in [2.05, 4.69) is 13.8 Å². The third-order valence-corrected chi connectivity index (χ3v) is 4.58. The van der Waals surface area contributed by atoms with Gasteiger partial charge in [-0.25, -0.2) is 0 Å². The summed E-state index contributed by atoms with van der Waals surface area (Å²) in [5, 5.41) is 10.1. The molecule has 0 saturated heterocycles. The average Bonchev–Trinajstić information content (AvgIpc) is 2.62. The van der Waals surface area contributed by atoms with Gasteiger partial charge in [-0.3, -0.25) is 0 Å². The molecule has 140 valence electrons. The predicted molar refractivity (Wildman–Crippen MR) is 109 cm³/mol. The molecule has 3 aromatic rings. The van der Waals surface area contributed by atoms with Gasteiger partial charge in [-0.05, 0) is 35.7 Å². The van der Waals surface area contributed by atoms with Crippen molar-refractivity contribution < 1.29 is 14.6 Å². The summed E-state index contributed by atoms with van der Waals surface area (Å²) in [6.07, 6.45) is -0.254. The Bertz CT molecular complexity index is 870. The van der Waals surface area contributed by atoms with E-state index < -0.39 is 0 Å². The summed E-state index contributed by atoms with van der Waals surface area (Å²) in [5.41, 5.74) is 0.977. The first-order chi connectivity index (χ1) is 12.9. The summed E-state index contributed by atoms with van der Waals surface area (Å²) in [7, 11) is 0. The standard InChI is InChI=1S/C22H20Cl2O3/c1-14(2)21(27-22-19(23)12-16(25)13-20(22)24)15-8-10-18(11-9-15)26-17-6-4-3-5-7-17/h3-14,21,25H,1-2H3. The highest BCUT2D eigenvalue weighted by Crippen LogP contribution is 2.40. The molecule has 3 nitrogen and oxygen atoms in total. The molecule has 0 fully saturated rings. The van der Waals surface area contributed by atoms with E-state index in [-0.39, 0.29) is 27.8 Å². The van der Waals surface area contributed by atoms with Gasteiger partial charge in [0.15, 0.2) is 5.75 Å². The Morgan fingerprint density at radius 2 is 1.37 bits per heavy atom. The zero-order valence-electron chi connectivity index (χ0n) is 15.0. The SMILES string of the molecule is CC(C)C(Oc1c(Cl)cc(O)cc1Cl)c1ccc(Oc2ccccc2)cc1. The number of aromatic hydroxyl groups is 1. The Balaban J connectivity index is 1.81. The molecule has 0 aliphatic heterocycles. The second kappa shape index (κ2) is 8.55. The lowest BCUT2D eigenvalue weighted by Gasteiger charge is -2.24. The highest BCUT2D eigenvalue weighted by Gasteiger charge is 2.21. The maximum Gasteiger partial charge on any atom is 0.157 e. The number of benzene rings is 3. The second-order valence-electron chi connectivity index (χ2n) is 6.51. The van der Waals surface area contributed by atoms with Crippen molar-refractivity contribution in [1.29, 1.82) is 0 Å². The van der Waals surface area contributed by atoms with Crippen LogP contribution >= 0.6 is 23.2 Å². The van der Waals surface area contributed by atoms with Gasteiger partial charge >= 0.3 is 0 Å². The van der Waals surface area contributed by atoms with Crippen molar-refractivity contribution in [2.75, 3.05) is 0 Å². The largest absolute Gasteiger partial charge is 0.508 e. The fourth-order valence-corrected chi connectivity index (χ4v) is 3.29. The van der Waals surface area contributed by atoms with E-state index in [1.807, 2.05) is 54.6 Å². The summed E-state index contributed by atoms with van der Waals surface area (Å²) < 4.78 is 12.0. The van der Waals surface area contributed by atoms with Gasteiger partial charge in [0.05, 0.1) is 10.0 Å². The zero-order chi connectivity index (χ0) is 19.4. The lowest BCUT2D eigenvalue weighted by atomic mass is 9.98. The van der Waals surface area contributed by atoms with Gasteiger partial charge in [-0.2, -0.15) is 0 Å². The molecule has 1 N–H and O–H groups in total. The maximum absolute atomic E-state index is 9.59. The van der Waals surface area contributed by atoms with Crippen LogP contribution < -0.4 is 9.47 Å². The first kappa shape index (κ1) is 19.4. The third-order valence-electron chi connectivity index (χ3n) is 4.02. The molecule has 0 aromatic heterocycles. The van der Waals surface area contributed by atoms with Crippen LogP contribution in [0.4, 0.5) is 0 Å². The fourth-order valence-electron chi connectivity index (χ4n) is 2.73. The van der Waals surface area contributed by atoms with Crippen LogP contribution in [-0.2, 0) is 0 Å². The van der Waals surface area contributed by atoms with Crippen LogP contribution in [-0.4, -0.2) is 5.11 Å². The van der Waals surface area contributed by atoms with Crippen LogP contribution in [0.2, 0.25) is 10.0 Å². The van der Waals surface area contributed by atoms with Gasteiger partial charge in [-0.1, -0.05) is 67.4 Å². The lowest BCUT2D eigenvalue weighted by Crippen LogP contribution is -2.14. The van der Waals surface area contributed by atoms with Crippen molar-refractivity contribution in [3.05, 3.63) is 82.3 Å². The molecule has 0 amide bonds. The van der Waals surface area contributed by atoms with Gasteiger partial charge in [0, 0.05) is 12.1 Å². The minimum Gasteiger partial charge on any atom is -0.508 e. The van der Waals surface area contributed by atoms with Gasteiger partial charge in [0.1, 0.15) is 23.4 Å². The molecule has 0 bridgehead atoms. The number of halogens is 2. The molecule has 3 rings (SSSR count). The Morgan fingerprint density at radius 3 is 1.93 bits per heavy atom. The average molecular weight is 403 g/mol. The number of phenols is 1. The number of hydrogen-bond donors (Lipinski definition) is 1. The van der Waals surface area contributed by atoms with E-state index in [4.69, 9.17) is 32.7 Å². The number of hydrogen-bond acceptors (Lipinski definition) is 3. The van der Waals surface area contributed by atoms with Gasteiger partial charge in [-0.15, -0.1) is 0 Å². The number of rotatable bonds is 6. The molecular formula is C22H20Cl2O3. The van der Waals surface area contributed by atoms with Crippen LogP contribution in [0.1, 0.15) is 25.5 Å². The number of para-hydroxylation sites is 1. The van der Waals surface area contributed by atoms with Gasteiger partial charge in [0.25, 0.3) is 0 Å². The van der Waals surface area contributed by atoms with Gasteiger partial charge < -0.3 is 14.6 Å². The van der Waals surface area contributed by atoms with Crippen LogP contribution in [0.15, 0.2) is 66.7 Å². The molecule has 0 radical (unpaired) electrons. The molecule has 3 aromatic carbocycles. The third kappa shape index (κ3) is 4.88. The van der Waals surface area contributed by atoms with E-state index in [0.717, 1.165) is 17.1 Å². The van der Waals surface area contributed by atoms with Crippen molar-refractivity contribution in [2.45, 2.75) is 20.0 Å². The summed E-state index contributed by atoms with van der Waals surface area (Å²) in [4.78, 5) is 0. The molecule has 0 aliphatic carbocycles. The molecule has 27 heavy (non-hydrogen) atoms. The summed E-state index contributed by atoms with van der Waals surface area (Å²) in [6, 6.07) is 20.2. The van der Waals surface area contributed by atoms with E-state index in [9.17, 15) is 5.11 Å². The molecule has 1 unspecified atom stereocenters. The summed E-state index contributed by atoms with van der Waals surface area (Å²) in [6.45, 7) is 4.11. The van der Waals surface area contributed by atoms with E-state index in [1.54, 1.807) is 0 Å². The van der Waals surface area contributed by atoms with Crippen molar-refractivity contribution in [1.82, 2.24) is 0 Å². The normalized spacial score (nSPS) is 12.0. The minimum atomic E-state index is -0.254. The first-order valence-electron chi connectivity index (χ1n) is 8.61. The van der Waals surface area contributed by atoms with Crippen molar-refractivity contribution in [2.24, 2.45) is 5.92 Å². The van der Waals surface area contributed by atoms with Crippen LogP contribution in [0, 0.1) is 5.92 Å². The van der Waals surface area contributed by atoms with Crippen LogP contribution in [0.3, 0.4) is 0 Å². The van der Waals surface area contributed by atoms with Crippen molar-refractivity contribution >= 4 is 23.2 Å². The Hall–Kier alpha value is -2.36. The lowest BCUT2D eigenvalue weighted by molar-refractivity contribution is 0.154. The van der Waals surface area contributed by atoms with E-state index in [1.165, 1.54) is 12.1 Å². The predicted octanol–water partition coefficient (Wildman–Crippen LogP) is 7.27. The number of ether oxygens (including phenoxy) is 2. The molecule has 1 atom stereocenters. The highest BCUT2D eigenvalue weighted by molar-refractivity contribution is 6.37. The smallest absolute Gasteiger partial charge is 0.157 e. The van der Waals surface area contributed by atoms with Crippen molar-refractivity contribution in [3.63, 3.8) is 0 Å². The summed E-state index contributed by atoms with van der Waals surface area (Å²) >= 11 is 12.4. The topological polar surface area (TPSA) is 38.7 Å². The zero-order valence-corrected chi connectivity index (χ0v) is 16.5. The monoisotopic (exact) mass is 402 g/mol. The second-order valence-corrected chi connectivity index (χ2v) is 7.32. The fraction of sp³-hybridized carbons (Fsp3) is 0.182. The first-order valence-corrected chi connectivity index (χ1v) is 9.37. The number of phenolic OH excluding ortho intramolecular Hbond substituents is 1. The minimum absolute atomic E-state index is 0.000797. The van der Waals surface area contributed by atoms with E-state index in [0.29, 0.717) is 5.75 Å². The van der Waals surface area contributed by atoms with Crippen LogP contribution in [0.25, 0.3) is 0 Å². The highest BCUT2D eigenvalue weighted by atomic mass is 35.5. The molecule has 0 spiro atoms. The molecular weight excluding hydrogens is 383 g/mol.